The summed E-state index contributed by atoms with van der Waals surface area (Å²) < 4.78 is 6.16. The Labute approximate surface area is 92.8 Å². The second-order valence-electron chi connectivity index (χ2n) is 3.00. The summed E-state index contributed by atoms with van der Waals surface area (Å²) in [6, 6.07) is 1.66. The van der Waals surface area contributed by atoms with Crippen molar-refractivity contribution >= 4 is 17.8 Å². The second kappa shape index (κ2) is 5.74. The Morgan fingerprint density at radius 3 is 2.88 bits per heavy atom. The van der Waals surface area contributed by atoms with Crippen molar-refractivity contribution in [2.45, 2.75) is 6.92 Å². The monoisotopic (exact) mass is 226 g/mol. The number of nitrogens with zero attached hydrogens (tertiary/aromatic N) is 2. The van der Waals surface area contributed by atoms with Crippen molar-refractivity contribution in [3.8, 4) is 0 Å². The fraction of sp³-hybridized carbons (Fsp3) is 0.444. The molecule has 1 aromatic rings. The summed E-state index contributed by atoms with van der Waals surface area (Å²) in [4.78, 5) is 22.2. The lowest BCUT2D eigenvalue weighted by atomic mass is 10.5. The van der Waals surface area contributed by atoms with E-state index in [-0.39, 0.29) is 19.1 Å². The molecule has 0 aliphatic heterocycles. The van der Waals surface area contributed by atoms with E-state index in [4.69, 9.17) is 0 Å². The number of nitrogens with one attached hydrogen (secondary N) is 2. The summed E-state index contributed by atoms with van der Waals surface area (Å²) in [6.07, 6.45) is 1.09. The van der Waals surface area contributed by atoms with Crippen molar-refractivity contribution in [3.05, 3.63) is 12.3 Å². The average Bonchev–Trinajstić information content (AvgIpc) is 2.61. The number of aryl methyl sites for hydroxylation is 1. The van der Waals surface area contributed by atoms with Gasteiger partial charge in [-0.15, -0.1) is 0 Å². The number of carbonyl (C=O) groups is 2. The molecule has 0 saturated carbocycles. The van der Waals surface area contributed by atoms with E-state index in [2.05, 4.69) is 20.5 Å². The molecular weight excluding hydrogens is 212 g/mol. The summed E-state index contributed by atoms with van der Waals surface area (Å²) in [7, 11) is 1.74. The van der Waals surface area contributed by atoms with Gasteiger partial charge < -0.3 is 15.4 Å². The van der Waals surface area contributed by atoms with Crippen LogP contribution < -0.4 is 10.6 Å². The highest BCUT2D eigenvalue weighted by Crippen LogP contribution is 1.99. The maximum absolute atomic E-state index is 11.3. The molecule has 0 aliphatic carbocycles. The van der Waals surface area contributed by atoms with Crippen LogP contribution in [0.25, 0.3) is 0 Å². The summed E-state index contributed by atoms with van der Waals surface area (Å²) >= 11 is 0. The third-order valence-corrected chi connectivity index (χ3v) is 1.65. The van der Waals surface area contributed by atoms with Crippen molar-refractivity contribution in [1.29, 1.82) is 0 Å². The molecule has 1 aromatic heterocycles. The first-order chi connectivity index (χ1) is 7.61. The number of amides is 2. The molecule has 7 heteroatoms. The maximum Gasteiger partial charge on any atom is 0.407 e. The Morgan fingerprint density at radius 1 is 1.56 bits per heavy atom. The quantitative estimate of drug-likeness (QED) is 0.762. The van der Waals surface area contributed by atoms with Gasteiger partial charge in [0.2, 0.25) is 5.91 Å². The zero-order valence-electron chi connectivity index (χ0n) is 9.19. The molecule has 0 radical (unpaired) electrons. The Hall–Kier alpha value is -2.05. The SMILES string of the molecule is CCOC(=O)NCC(=O)Nc1ccn(C)n1. The largest absolute Gasteiger partial charge is 0.450 e. The maximum atomic E-state index is 11.3. The number of hydrogen-bond donors (Lipinski definition) is 2. The Balaban J connectivity index is 2.28. The van der Waals surface area contributed by atoms with Crippen LogP contribution in [0.1, 0.15) is 6.92 Å². The van der Waals surface area contributed by atoms with E-state index in [1.165, 1.54) is 0 Å². The lowest BCUT2D eigenvalue weighted by Crippen LogP contribution is -2.33. The highest BCUT2D eigenvalue weighted by molar-refractivity contribution is 5.92. The minimum absolute atomic E-state index is 0.143. The molecule has 0 spiro atoms. The van der Waals surface area contributed by atoms with E-state index >= 15 is 0 Å². The van der Waals surface area contributed by atoms with Gasteiger partial charge in [0, 0.05) is 19.3 Å². The van der Waals surface area contributed by atoms with Gasteiger partial charge in [0.05, 0.1) is 6.61 Å². The summed E-state index contributed by atoms with van der Waals surface area (Å²) in [5.74, 6) is 0.0879. The second-order valence-corrected chi connectivity index (χ2v) is 3.00. The van der Waals surface area contributed by atoms with Crippen LogP contribution in [-0.4, -0.2) is 34.9 Å². The van der Waals surface area contributed by atoms with Crippen LogP contribution in [0.4, 0.5) is 10.6 Å². The van der Waals surface area contributed by atoms with Gasteiger partial charge in [0.1, 0.15) is 6.54 Å². The smallest absolute Gasteiger partial charge is 0.407 e. The molecule has 16 heavy (non-hydrogen) atoms. The Morgan fingerprint density at radius 2 is 2.31 bits per heavy atom. The molecule has 88 valence electrons. The van der Waals surface area contributed by atoms with E-state index < -0.39 is 6.09 Å². The highest BCUT2D eigenvalue weighted by Gasteiger charge is 2.06. The minimum atomic E-state index is -0.612. The molecule has 1 heterocycles. The van der Waals surface area contributed by atoms with Gasteiger partial charge in [-0.25, -0.2) is 4.79 Å². The van der Waals surface area contributed by atoms with Crippen LogP contribution >= 0.6 is 0 Å². The molecule has 0 aromatic carbocycles. The zero-order chi connectivity index (χ0) is 12.0. The van der Waals surface area contributed by atoms with Crippen molar-refractivity contribution in [3.63, 3.8) is 0 Å². The van der Waals surface area contributed by atoms with Gasteiger partial charge in [-0.1, -0.05) is 0 Å². The Kier molecular flexibility index (Phi) is 4.31. The van der Waals surface area contributed by atoms with Crippen LogP contribution in [0.15, 0.2) is 12.3 Å². The molecule has 0 fully saturated rings. The van der Waals surface area contributed by atoms with Crippen LogP contribution in [0.3, 0.4) is 0 Å². The molecule has 2 amide bonds. The summed E-state index contributed by atoms with van der Waals surface area (Å²) in [5, 5.41) is 8.78. The van der Waals surface area contributed by atoms with Crippen LogP contribution in [0.2, 0.25) is 0 Å². The molecule has 0 saturated heterocycles. The van der Waals surface area contributed by atoms with Crippen LogP contribution in [-0.2, 0) is 16.6 Å². The first-order valence-corrected chi connectivity index (χ1v) is 4.82. The number of carbonyl (C=O) groups excluding carboxylic acids is 2. The lowest BCUT2D eigenvalue weighted by Gasteiger charge is -2.04. The van der Waals surface area contributed by atoms with Crippen LogP contribution in [0.5, 0.6) is 0 Å². The van der Waals surface area contributed by atoms with Crippen molar-refractivity contribution in [2.24, 2.45) is 7.05 Å². The number of hydrogen-bond acceptors (Lipinski definition) is 4. The third kappa shape index (κ3) is 3.99. The summed E-state index contributed by atoms with van der Waals surface area (Å²) in [5.41, 5.74) is 0. The predicted octanol–water partition coefficient (Wildman–Crippen LogP) is 0.105. The molecule has 2 N–H and O–H groups in total. The number of ether oxygens (including phenoxy) is 1. The fourth-order valence-electron chi connectivity index (χ4n) is 1.00. The standard InChI is InChI=1S/C9H14N4O3/c1-3-16-9(15)10-6-8(14)11-7-4-5-13(2)12-7/h4-5H,3,6H2,1-2H3,(H,10,15)(H,11,12,14). The topological polar surface area (TPSA) is 85.2 Å². The molecular formula is C9H14N4O3. The zero-order valence-corrected chi connectivity index (χ0v) is 9.19. The van der Waals surface area contributed by atoms with Gasteiger partial charge in [0.25, 0.3) is 0 Å². The Bertz CT molecular complexity index is 375. The highest BCUT2D eigenvalue weighted by atomic mass is 16.5. The van der Waals surface area contributed by atoms with E-state index in [0.717, 1.165) is 0 Å². The van der Waals surface area contributed by atoms with Gasteiger partial charge in [0.15, 0.2) is 5.82 Å². The van der Waals surface area contributed by atoms with Gasteiger partial charge in [-0.3, -0.25) is 9.48 Å². The van der Waals surface area contributed by atoms with Crippen molar-refractivity contribution in [1.82, 2.24) is 15.1 Å². The lowest BCUT2D eigenvalue weighted by molar-refractivity contribution is -0.115. The molecule has 0 atom stereocenters. The molecule has 0 unspecified atom stereocenters. The molecule has 0 bridgehead atoms. The van der Waals surface area contributed by atoms with E-state index in [1.54, 1.807) is 30.9 Å². The third-order valence-electron chi connectivity index (χ3n) is 1.65. The average molecular weight is 226 g/mol. The minimum Gasteiger partial charge on any atom is -0.450 e. The number of aromatic nitrogens is 2. The first-order valence-electron chi connectivity index (χ1n) is 4.82. The predicted molar refractivity (Wildman–Crippen MR) is 56.9 cm³/mol. The number of rotatable bonds is 4. The van der Waals surface area contributed by atoms with Gasteiger partial charge in [-0.05, 0) is 6.92 Å². The number of anilines is 1. The van der Waals surface area contributed by atoms with Crippen LogP contribution in [0, 0.1) is 0 Å². The molecule has 7 nitrogen and oxygen atoms in total. The summed E-state index contributed by atoms with van der Waals surface area (Å²) in [6.45, 7) is 1.82. The van der Waals surface area contributed by atoms with Crippen molar-refractivity contribution in [2.75, 3.05) is 18.5 Å². The van der Waals surface area contributed by atoms with Crippen molar-refractivity contribution < 1.29 is 14.3 Å². The van der Waals surface area contributed by atoms with E-state index in [0.29, 0.717) is 5.82 Å². The molecule has 0 aliphatic rings. The normalized spacial score (nSPS) is 9.62. The first kappa shape index (κ1) is 12.0. The van der Waals surface area contributed by atoms with Gasteiger partial charge in [-0.2, -0.15) is 5.10 Å². The van der Waals surface area contributed by atoms with E-state index in [1.807, 2.05) is 0 Å². The molecule has 1 rings (SSSR count). The van der Waals surface area contributed by atoms with E-state index in [9.17, 15) is 9.59 Å². The fourth-order valence-corrected chi connectivity index (χ4v) is 1.00. The number of alkyl carbamates (subject to hydrolysis) is 1. The van der Waals surface area contributed by atoms with Gasteiger partial charge >= 0.3 is 6.09 Å².